The number of fused-ring (bicyclic) bond motifs is 7. The number of carbonyl (C=O) groups is 1. The van der Waals surface area contributed by atoms with E-state index in [4.69, 9.17) is 9.47 Å². The molecule has 1 aliphatic heterocycles. The van der Waals surface area contributed by atoms with Gasteiger partial charge in [0.25, 0.3) is 0 Å². The summed E-state index contributed by atoms with van der Waals surface area (Å²) in [5.74, 6) is 0.680. The van der Waals surface area contributed by atoms with E-state index in [2.05, 4.69) is 60.6 Å². The van der Waals surface area contributed by atoms with E-state index in [1.54, 1.807) is 0 Å². The predicted molar refractivity (Wildman–Crippen MR) is 159 cm³/mol. The number of carboxylic acid groups (broad SMARTS) is 1. The second kappa shape index (κ2) is 9.75. The number of allylic oxidation sites excluding steroid dienone is 2. The summed E-state index contributed by atoms with van der Waals surface area (Å²) in [6, 6.07) is 0. The Hall–Kier alpha value is -0.990. The summed E-state index contributed by atoms with van der Waals surface area (Å²) in [7, 11) is 0. The number of aliphatic carboxylic acids is 1. The van der Waals surface area contributed by atoms with Crippen molar-refractivity contribution in [2.24, 2.45) is 56.2 Å². The van der Waals surface area contributed by atoms with Crippen LogP contribution in [0.15, 0.2) is 12.2 Å². The van der Waals surface area contributed by atoms with E-state index < -0.39 is 36.0 Å². The molecule has 1 heterocycles. The molecule has 0 bridgehead atoms. The topological polar surface area (TPSA) is 116 Å². The van der Waals surface area contributed by atoms with Gasteiger partial charge in [-0.1, -0.05) is 60.6 Å². The summed E-state index contributed by atoms with van der Waals surface area (Å²) in [6.07, 6.45) is 9.35. The van der Waals surface area contributed by atoms with E-state index >= 15 is 0 Å². The van der Waals surface area contributed by atoms with Crippen LogP contribution in [0.4, 0.5) is 0 Å². The largest absolute Gasteiger partial charge is 0.481 e. The molecule has 13 atom stereocenters. The Morgan fingerprint density at radius 1 is 0.881 bits per heavy atom. The molecule has 1 saturated heterocycles. The van der Waals surface area contributed by atoms with Crippen molar-refractivity contribution in [2.45, 2.75) is 137 Å². The molecule has 0 amide bonds. The molecule has 4 saturated carbocycles. The van der Waals surface area contributed by atoms with E-state index in [1.807, 2.05) is 0 Å². The first kappa shape index (κ1) is 31.0. The quantitative estimate of drug-likeness (QED) is 0.318. The van der Waals surface area contributed by atoms with Crippen molar-refractivity contribution in [2.75, 3.05) is 6.61 Å². The molecule has 7 nitrogen and oxygen atoms in total. The summed E-state index contributed by atoms with van der Waals surface area (Å²) in [4.78, 5) is 12.9. The maximum atomic E-state index is 12.9. The molecular formula is C35H56O7. The molecule has 6 rings (SSSR count). The molecule has 6 aliphatic rings. The van der Waals surface area contributed by atoms with Crippen LogP contribution in [-0.4, -0.2) is 63.7 Å². The molecular weight excluding hydrogens is 532 g/mol. The van der Waals surface area contributed by atoms with Crippen molar-refractivity contribution in [3.63, 3.8) is 0 Å². The van der Waals surface area contributed by atoms with Gasteiger partial charge in [-0.15, -0.1) is 0 Å². The van der Waals surface area contributed by atoms with Crippen molar-refractivity contribution in [1.29, 1.82) is 0 Å². The highest BCUT2D eigenvalue weighted by Crippen LogP contribution is 2.75. The van der Waals surface area contributed by atoms with Crippen LogP contribution in [-0.2, 0) is 14.3 Å². The Morgan fingerprint density at radius 2 is 1.57 bits per heavy atom. The van der Waals surface area contributed by atoms with Gasteiger partial charge in [0.1, 0.15) is 18.3 Å². The van der Waals surface area contributed by atoms with Crippen LogP contribution < -0.4 is 0 Å². The molecule has 42 heavy (non-hydrogen) atoms. The molecule has 238 valence electrons. The van der Waals surface area contributed by atoms with Gasteiger partial charge in [0.15, 0.2) is 6.29 Å². The second-order valence-corrected chi connectivity index (χ2v) is 17.4. The Kier molecular flexibility index (Phi) is 7.20. The minimum absolute atomic E-state index is 0.0478. The number of aliphatic hydroxyl groups excluding tert-OH is 3. The summed E-state index contributed by atoms with van der Waals surface area (Å²) < 4.78 is 12.2. The number of ether oxygens (including phenoxy) is 2. The Balaban J connectivity index is 1.30. The van der Waals surface area contributed by atoms with Crippen molar-refractivity contribution in [3.05, 3.63) is 12.2 Å². The molecule has 0 unspecified atom stereocenters. The van der Waals surface area contributed by atoms with Crippen LogP contribution in [0, 0.1) is 56.2 Å². The lowest BCUT2D eigenvalue weighted by Crippen LogP contribution is -2.66. The van der Waals surface area contributed by atoms with Gasteiger partial charge >= 0.3 is 5.97 Å². The molecule has 7 heteroatoms. The first-order valence-electron chi connectivity index (χ1n) is 16.7. The number of hydrogen-bond donors (Lipinski definition) is 4. The van der Waals surface area contributed by atoms with Crippen LogP contribution >= 0.6 is 0 Å². The van der Waals surface area contributed by atoms with Gasteiger partial charge in [-0.25, -0.2) is 0 Å². The monoisotopic (exact) mass is 588 g/mol. The average Bonchev–Trinajstić information content (AvgIpc) is 3.18. The van der Waals surface area contributed by atoms with Gasteiger partial charge in [-0.3, -0.25) is 4.79 Å². The van der Waals surface area contributed by atoms with Crippen molar-refractivity contribution < 1.29 is 34.7 Å². The SMILES string of the molecule is CC1(C)CC[C@]2(C(=O)O)CC[C@]3(C)[C@@H](C=C[C@H]4[C@@]5(C)CC[C@H](O[C@H]6O[C@H](CO)[C@@H](O)[C@@H]6O)C(C)(C)[C@@H]5CC[C@]43C)[C@@H]2C1. The maximum Gasteiger partial charge on any atom is 0.309 e. The predicted octanol–water partition coefficient (Wildman–Crippen LogP) is 5.55. The zero-order chi connectivity index (χ0) is 30.7. The zero-order valence-corrected chi connectivity index (χ0v) is 26.9. The van der Waals surface area contributed by atoms with Gasteiger partial charge in [0, 0.05) is 0 Å². The highest BCUT2D eigenvalue weighted by Gasteiger charge is 2.70. The lowest BCUT2D eigenvalue weighted by Gasteiger charge is -2.71. The minimum Gasteiger partial charge on any atom is -0.481 e. The zero-order valence-electron chi connectivity index (χ0n) is 26.9. The van der Waals surface area contributed by atoms with Gasteiger partial charge in [-0.05, 0) is 109 Å². The van der Waals surface area contributed by atoms with Crippen LogP contribution in [0.25, 0.3) is 0 Å². The molecule has 4 N–H and O–H groups in total. The molecule has 0 aromatic heterocycles. The van der Waals surface area contributed by atoms with Crippen molar-refractivity contribution in [1.82, 2.24) is 0 Å². The highest BCUT2D eigenvalue weighted by atomic mass is 16.7. The molecule has 5 fully saturated rings. The van der Waals surface area contributed by atoms with E-state index in [0.717, 1.165) is 57.8 Å². The minimum atomic E-state index is -1.17. The van der Waals surface area contributed by atoms with Crippen molar-refractivity contribution in [3.8, 4) is 0 Å². The number of aliphatic hydroxyl groups is 3. The molecule has 0 radical (unpaired) electrons. The van der Waals surface area contributed by atoms with Crippen molar-refractivity contribution >= 4 is 5.97 Å². The van der Waals surface area contributed by atoms with E-state index in [-0.39, 0.29) is 51.6 Å². The molecule has 5 aliphatic carbocycles. The highest BCUT2D eigenvalue weighted by molar-refractivity contribution is 5.75. The molecule has 0 aromatic carbocycles. The molecule has 0 spiro atoms. The first-order valence-corrected chi connectivity index (χ1v) is 16.7. The Bertz CT molecular complexity index is 1120. The van der Waals surface area contributed by atoms with Gasteiger partial charge in [-0.2, -0.15) is 0 Å². The third-order valence-corrected chi connectivity index (χ3v) is 14.8. The summed E-state index contributed by atoms with van der Waals surface area (Å²) in [5.41, 5.74) is -0.409. The fourth-order valence-corrected chi connectivity index (χ4v) is 12.1. The molecule has 0 aromatic rings. The van der Waals surface area contributed by atoms with Gasteiger partial charge in [0.2, 0.25) is 0 Å². The smallest absolute Gasteiger partial charge is 0.309 e. The van der Waals surface area contributed by atoms with Crippen LogP contribution in [0.1, 0.15) is 106 Å². The fraction of sp³-hybridized carbons (Fsp3) is 0.914. The fourth-order valence-electron chi connectivity index (χ4n) is 12.1. The number of hydrogen-bond acceptors (Lipinski definition) is 6. The van der Waals surface area contributed by atoms with Crippen LogP contribution in [0.2, 0.25) is 0 Å². The summed E-state index contributed by atoms with van der Waals surface area (Å²) in [5, 5.41) is 41.0. The normalized spacial score (nSPS) is 54.3. The van der Waals surface area contributed by atoms with E-state index in [0.29, 0.717) is 11.8 Å². The summed E-state index contributed by atoms with van der Waals surface area (Å²) in [6.45, 7) is 16.4. The Morgan fingerprint density at radius 3 is 2.21 bits per heavy atom. The van der Waals surface area contributed by atoms with Crippen LogP contribution in [0.5, 0.6) is 0 Å². The van der Waals surface area contributed by atoms with Crippen LogP contribution in [0.3, 0.4) is 0 Å². The van der Waals surface area contributed by atoms with Gasteiger partial charge < -0.3 is 29.9 Å². The first-order chi connectivity index (χ1) is 19.5. The standard InChI is InChI=1S/C35H56O7/c1-30(2)14-16-35(29(39)40)17-15-33(6)20(21(35)18-30)8-9-24-32(5)12-11-25(31(3,4)23(32)10-13-34(24,33)7)42-28-27(38)26(37)22(19-36)41-28/h8-9,20-28,36-38H,10-19H2,1-7H3,(H,39,40)/t20-,21-,22+,23-,24-,25-,26+,27-,28+,32-,33+,34+,35-/m0/s1. The van der Waals surface area contributed by atoms with Gasteiger partial charge in [0.05, 0.1) is 18.1 Å². The summed E-state index contributed by atoms with van der Waals surface area (Å²) >= 11 is 0. The second-order valence-electron chi connectivity index (χ2n) is 17.4. The third-order valence-electron chi connectivity index (χ3n) is 14.8. The van der Waals surface area contributed by atoms with E-state index in [9.17, 15) is 25.2 Å². The Labute approximate surface area is 252 Å². The number of rotatable bonds is 4. The van der Waals surface area contributed by atoms with E-state index in [1.165, 1.54) is 0 Å². The lowest BCUT2D eigenvalue weighted by molar-refractivity contribution is -0.261. The average molecular weight is 589 g/mol. The maximum absolute atomic E-state index is 12.9. The third kappa shape index (κ3) is 4.05. The lowest BCUT2D eigenvalue weighted by atomic mass is 9.33. The number of carboxylic acids is 1.